The molecule has 0 saturated heterocycles. The van der Waals surface area contributed by atoms with E-state index in [-0.39, 0.29) is 0 Å². The Morgan fingerprint density at radius 3 is 2.59 bits per heavy atom. The smallest absolute Gasteiger partial charge is 0.141 e. The zero-order valence-electron chi connectivity index (χ0n) is 11.5. The Labute approximate surface area is 103 Å². The van der Waals surface area contributed by atoms with Gasteiger partial charge in [0.2, 0.25) is 0 Å². The van der Waals surface area contributed by atoms with Crippen LogP contribution in [0.15, 0.2) is 6.33 Å². The molecule has 0 atom stereocenters. The predicted molar refractivity (Wildman–Crippen MR) is 67.7 cm³/mol. The Balaban J connectivity index is 2.71. The lowest BCUT2D eigenvalue weighted by Crippen LogP contribution is -2.38. The molecule has 1 N–H and O–H groups in total. The first-order chi connectivity index (χ1) is 7.83. The van der Waals surface area contributed by atoms with Crippen molar-refractivity contribution in [3.63, 3.8) is 0 Å². The Bertz CT molecular complexity index is 341. The third-order valence-electron chi connectivity index (χ3n) is 2.56. The first kappa shape index (κ1) is 14.1. The number of hydrogen-bond acceptors (Lipinski definition) is 4. The molecule has 0 bridgehead atoms. The van der Waals surface area contributed by atoms with Crippen molar-refractivity contribution in [3.8, 4) is 0 Å². The maximum atomic E-state index is 9.84. The Morgan fingerprint density at radius 2 is 2.12 bits per heavy atom. The predicted octanol–water partition coefficient (Wildman–Crippen LogP) is 1.45. The van der Waals surface area contributed by atoms with Crippen LogP contribution in [0.2, 0.25) is 0 Å². The summed E-state index contributed by atoms with van der Waals surface area (Å²) >= 11 is 0. The minimum Gasteiger partial charge on any atom is -0.389 e. The summed E-state index contributed by atoms with van der Waals surface area (Å²) in [6, 6.07) is 0.313. The molecule has 5 heteroatoms. The Morgan fingerprint density at radius 1 is 1.47 bits per heavy atom. The number of hydrogen-bond donors (Lipinski definition) is 1. The van der Waals surface area contributed by atoms with Crippen LogP contribution in [0.3, 0.4) is 0 Å². The van der Waals surface area contributed by atoms with Crippen molar-refractivity contribution >= 4 is 0 Å². The van der Waals surface area contributed by atoms with Gasteiger partial charge in [-0.25, -0.2) is 9.67 Å². The molecule has 0 fully saturated rings. The molecular weight excluding hydrogens is 216 g/mol. The van der Waals surface area contributed by atoms with Gasteiger partial charge in [-0.1, -0.05) is 6.92 Å². The molecule has 1 rings (SSSR count). The quantitative estimate of drug-likeness (QED) is 0.817. The van der Waals surface area contributed by atoms with Crippen molar-refractivity contribution in [2.24, 2.45) is 0 Å². The van der Waals surface area contributed by atoms with Crippen LogP contribution in [0.5, 0.6) is 0 Å². The third kappa shape index (κ3) is 4.44. The van der Waals surface area contributed by atoms with E-state index in [1.165, 1.54) is 0 Å². The van der Waals surface area contributed by atoms with Gasteiger partial charge in [0, 0.05) is 12.6 Å². The van der Waals surface area contributed by atoms with E-state index < -0.39 is 5.60 Å². The molecule has 0 radical (unpaired) electrons. The second-order valence-corrected chi connectivity index (χ2v) is 5.33. The summed E-state index contributed by atoms with van der Waals surface area (Å²) in [6.07, 6.45) is 1.59. The second kappa shape index (κ2) is 5.60. The summed E-state index contributed by atoms with van der Waals surface area (Å²) in [7, 11) is 0. The zero-order valence-corrected chi connectivity index (χ0v) is 11.5. The van der Waals surface area contributed by atoms with Crippen LogP contribution in [0.25, 0.3) is 0 Å². The van der Waals surface area contributed by atoms with Crippen LogP contribution in [-0.4, -0.2) is 43.5 Å². The highest BCUT2D eigenvalue weighted by Gasteiger charge is 2.19. The summed E-state index contributed by atoms with van der Waals surface area (Å²) < 4.78 is 1.92. The molecule has 1 aromatic heterocycles. The molecule has 0 unspecified atom stereocenters. The molecule has 98 valence electrons. The van der Waals surface area contributed by atoms with Crippen LogP contribution in [0.4, 0.5) is 0 Å². The van der Waals surface area contributed by atoms with E-state index in [2.05, 4.69) is 35.8 Å². The number of nitrogens with zero attached hydrogens (tertiary/aromatic N) is 4. The highest BCUT2D eigenvalue weighted by molar-refractivity contribution is 4.87. The molecule has 5 nitrogen and oxygen atoms in total. The van der Waals surface area contributed by atoms with Crippen molar-refractivity contribution in [3.05, 3.63) is 12.2 Å². The van der Waals surface area contributed by atoms with Crippen LogP contribution in [-0.2, 0) is 6.54 Å². The SMILES string of the molecule is CCN(Cc1ncnn1C(C)C)CC(C)(C)O. The largest absolute Gasteiger partial charge is 0.389 e. The van der Waals surface area contributed by atoms with Crippen molar-refractivity contribution in [2.45, 2.75) is 52.8 Å². The summed E-state index contributed by atoms with van der Waals surface area (Å²) in [5.41, 5.74) is -0.682. The fourth-order valence-electron chi connectivity index (χ4n) is 1.85. The van der Waals surface area contributed by atoms with Crippen LogP contribution < -0.4 is 0 Å². The van der Waals surface area contributed by atoms with E-state index in [9.17, 15) is 5.11 Å². The van der Waals surface area contributed by atoms with Crippen molar-refractivity contribution in [1.82, 2.24) is 19.7 Å². The number of likely N-dealkylation sites (N-methyl/N-ethyl adjacent to an activating group) is 1. The fourth-order valence-corrected chi connectivity index (χ4v) is 1.85. The van der Waals surface area contributed by atoms with Gasteiger partial charge in [0.1, 0.15) is 12.2 Å². The van der Waals surface area contributed by atoms with Gasteiger partial charge in [0.25, 0.3) is 0 Å². The monoisotopic (exact) mass is 240 g/mol. The lowest BCUT2D eigenvalue weighted by atomic mass is 10.1. The van der Waals surface area contributed by atoms with Gasteiger partial charge in [-0.15, -0.1) is 0 Å². The molecule has 0 amide bonds. The zero-order chi connectivity index (χ0) is 13.1. The second-order valence-electron chi connectivity index (χ2n) is 5.33. The number of rotatable bonds is 6. The summed E-state index contributed by atoms with van der Waals surface area (Å²) in [6.45, 7) is 12.1. The van der Waals surface area contributed by atoms with Gasteiger partial charge >= 0.3 is 0 Å². The van der Waals surface area contributed by atoms with Crippen molar-refractivity contribution < 1.29 is 5.11 Å². The molecule has 0 aliphatic heterocycles. The molecule has 0 spiro atoms. The topological polar surface area (TPSA) is 54.2 Å². The van der Waals surface area contributed by atoms with E-state index in [1.807, 2.05) is 18.5 Å². The summed E-state index contributed by atoms with van der Waals surface area (Å²) in [5.74, 6) is 0.950. The normalized spacial score (nSPS) is 12.7. The molecule has 1 heterocycles. The minimum absolute atomic E-state index is 0.313. The first-order valence-electron chi connectivity index (χ1n) is 6.16. The lowest BCUT2D eigenvalue weighted by Gasteiger charge is -2.27. The number of aliphatic hydroxyl groups is 1. The maximum Gasteiger partial charge on any atom is 0.141 e. The van der Waals surface area contributed by atoms with Crippen molar-refractivity contribution in [2.75, 3.05) is 13.1 Å². The van der Waals surface area contributed by atoms with Gasteiger partial charge in [-0.3, -0.25) is 4.90 Å². The summed E-state index contributed by atoms with van der Waals surface area (Å²) in [4.78, 5) is 6.45. The molecule has 0 saturated carbocycles. The Hall–Kier alpha value is -0.940. The van der Waals surface area contributed by atoms with Crippen molar-refractivity contribution in [1.29, 1.82) is 0 Å². The summed E-state index contributed by atoms with van der Waals surface area (Å²) in [5, 5.41) is 14.1. The highest BCUT2D eigenvalue weighted by atomic mass is 16.3. The van der Waals surface area contributed by atoms with Gasteiger partial charge in [0.15, 0.2) is 0 Å². The average molecular weight is 240 g/mol. The molecule has 0 aliphatic rings. The fraction of sp³-hybridized carbons (Fsp3) is 0.833. The lowest BCUT2D eigenvalue weighted by molar-refractivity contribution is 0.0340. The van der Waals surface area contributed by atoms with Gasteiger partial charge in [-0.05, 0) is 34.2 Å². The van der Waals surface area contributed by atoms with E-state index in [0.29, 0.717) is 12.6 Å². The third-order valence-corrected chi connectivity index (χ3v) is 2.56. The van der Waals surface area contributed by atoms with E-state index in [4.69, 9.17) is 0 Å². The van der Waals surface area contributed by atoms with Crippen LogP contribution in [0.1, 0.15) is 46.5 Å². The highest BCUT2D eigenvalue weighted by Crippen LogP contribution is 2.11. The minimum atomic E-state index is -0.682. The van der Waals surface area contributed by atoms with Crippen LogP contribution in [0, 0.1) is 0 Å². The molecule has 0 aliphatic carbocycles. The van der Waals surface area contributed by atoms with Crippen LogP contribution >= 0.6 is 0 Å². The molecule has 17 heavy (non-hydrogen) atoms. The molecule has 0 aromatic carbocycles. The molecule has 1 aromatic rings. The number of aromatic nitrogens is 3. The maximum absolute atomic E-state index is 9.84. The Kier molecular flexibility index (Phi) is 4.65. The van der Waals surface area contributed by atoms with Gasteiger partial charge in [-0.2, -0.15) is 5.10 Å². The standard InChI is InChI=1S/C12H24N4O/c1-6-15(8-12(4,5)17)7-11-13-9-14-16(11)10(2)3/h9-10,17H,6-8H2,1-5H3. The first-order valence-corrected chi connectivity index (χ1v) is 6.16. The van der Waals surface area contributed by atoms with E-state index in [1.54, 1.807) is 6.33 Å². The van der Waals surface area contributed by atoms with Gasteiger partial charge < -0.3 is 5.11 Å². The van der Waals surface area contributed by atoms with E-state index in [0.717, 1.165) is 18.9 Å². The average Bonchev–Trinajstić information content (AvgIpc) is 2.62. The van der Waals surface area contributed by atoms with E-state index >= 15 is 0 Å². The van der Waals surface area contributed by atoms with Gasteiger partial charge in [0.05, 0.1) is 12.1 Å². The molecular formula is C12H24N4O.